The van der Waals surface area contributed by atoms with E-state index in [0.29, 0.717) is 6.42 Å². The number of rotatable bonds is 4. The molecule has 6 nitrogen and oxygen atoms in total. The molecule has 0 aromatic carbocycles. The average Bonchev–Trinajstić information content (AvgIpc) is 2.85. The molecule has 1 saturated heterocycles. The fraction of sp³-hybridized carbons (Fsp3) is 0.722. The Balaban J connectivity index is 1.89. The van der Waals surface area contributed by atoms with E-state index in [4.69, 9.17) is 0 Å². The van der Waals surface area contributed by atoms with Crippen LogP contribution in [0.3, 0.4) is 0 Å². The number of hydrogen-bond donors (Lipinski definition) is 0. The lowest BCUT2D eigenvalue weighted by molar-refractivity contribution is -0.134. The zero-order valence-corrected chi connectivity index (χ0v) is 17.1. The molecular formula is C18H30N4O2S. The Labute approximate surface area is 154 Å². The number of piperazine rings is 1. The van der Waals surface area contributed by atoms with Gasteiger partial charge in [0, 0.05) is 46.7 Å². The summed E-state index contributed by atoms with van der Waals surface area (Å²) < 4.78 is 0. The van der Waals surface area contributed by atoms with Gasteiger partial charge in [-0.2, -0.15) is 0 Å². The molecule has 7 heteroatoms. The molecule has 0 spiro atoms. The number of carbonyl (C=O) groups is 2. The molecule has 0 unspecified atom stereocenters. The van der Waals surface area contributed by atoms with E-state index in [9.17, 15) is 9.59 Å². The third kappa shape index (κ3) is 5.51. The van der Waals surface area contributed by atoms with Gasteiger partial charge in [-0.15, -0.1) is 11.3 Å². The highest BCUT2D eigenvalue weighted by molar-refractivity contribution is 7.13. The van der Waals surface area contributed by atoms with Crippen LogP contribution in [0, 0.1) is 12.3 Å². The van der Waals surface area contributed by atoms with E-state index in [0.717, 1.165) is 48.3 Å². The van der Waals surface area contributed by atoms with Crippen LogP contribution in [0.15, 0.2) is 0 Å². The van der Waals surface area contributed by atoms with Crippen LogP contribution in [0.2, 0.25) is 0 Å². The number of amides is 2. The second kappa shape index (κ2) is 7.83. The van der Waals surface area contributed by atoms with Crippen molar-refractivity contribution < 1.29 is 9.59 Å². The van der Waals surface area contributed by atoms with Gasteiger partial charge in [-0.25, -0.2) is 4.98 Å². The quantitative estimate of drug-likeness (QED) is 0.820. The van der Waals surface area contributed by atoms with Crippen molar-refractivity contribution in [3.05, 3.63) is 15.6 Å². The zero-order valence-electron chi connectivity index (χ0n) is 16.3. The Hall–Kier alpha value is -1.47. The first-order valence-electron chi connectivity index (χ1n) is 8.75. The minimum absolute atomic E-state index is 0.0128. The topological polar surface area (TPSA) is 56.8 Å². The molecule has 2 rings (SSSR count). The van der Waals surface area contributed by atoms with Crippen LogP contribution < -0.4 is 0 Å². The summed E-state index contributed by atoms with van der Waals surface area (Å²) in [5.41, 5.74) is 0.833. The summed E-state index contributed by atoms with van der Waals surface area (Å²) in [5.74, 6) is 0.259. The first kappa shape index (κ1) is 19.8. The Morgan fingerprint density at radius 1 is 1.16 bits per heavy atom. The maximum absolute atomic E-state index is 12.3. The maximum atomic E-state index is 12.3. The molecule has 140 valence electrons. The maximum Gasteiger partial charge on any atom is 0.265 e. The molecule has 1 aromatic rings. The molecule has 0 saturated carbocycles. The van der Waals surface area contributed by atoms with E-state index >= 15 is 0 Å². The highest BCUT2D eigenvalue weighted by atomic mass is 32.1. The largest absolute Gasteiger partial charge is 0.344 e. The molecule has 0 atom stereocenters. The lowest BCUT2D eigenvalue weighted by Crippen LogP contribution is -2.48. The molecule has 0 bridgehead atoms. The molecule has 1 fully saturated rings. The summed E-state index contributed by atoms with van der Waals surface area (Å²) in [6.45, 7) is 12.2. The van der Waals surface area contributed by atoms with Crippen LogP contribution in [-0.2, 0) is 11.3 Å². The van der Waals surface area contributed by atoms with Crippen molar-refractivity contribution in [3.8, 4) is 0 Å². The summed E-state index contributed by atoms with van der Waals surface area (Å²) in [7, 11) is 3.52. The summed E-state index contributed by atoms with van der Waals surface area (Å²) >= 11 is 1.48. The molecule has 1 aromatic heterocycles. The van der Waals surface area contributed by atoms with Gasteiger partial charge in [0.1, 0.15) is 9.88 Å². The normalized spacial score (nSPS) is 16.2. The number of aryl methyl sites for hydroxylation is 1. The lowest BCUT2D eigenvalue weighted by Gasteiger charge is -2.35. The third-order valence-electron chi connectivity index (χ3n) is 4.21. The monoisotopic (exact) mass is 366 g/mol. The van der Waals surface area contributed by atoms with Gasteiger partial charge in [0.05, 0.1) is 12.2 Å². The van der Waals surface area contributed by atoms with Crippen molar-refractivity contribution in [1.29, 1.82) is 0 Å². The molecule has 0 radical (unpaired) electrons. The van der Waals surface area contributed by atoms with Crippen LogP contribution in [0.1, 0.15) is 47.6 Å². The van der Waals surface area contributed by atoms with E-state index in [-0.39, 0.29) is 17.2 Å². The van der Waals surface area contributed by atoms with E-state index in [2.05, 4.69) is 30.7 Å². The standard InChI is InChI=1S/C18H30N4O2S/c1-13-16(17(24)20(5)6)25-14(19-13)12-21-7-9-22(10-8-21)15(23)11-18(2,3)4/h7-12H2,1-6H3. The minimum atomic E-state index is 0.0128. The first-order valence-corrected chi connectivity index (χ1v) is 9.56. The average molecular weight is 367 g/mol. The van der Waals surface area contributed by atoms with Crippen LogP contribution >= 0.6 is 11.3 Å². The first-order chi connectivity index (χ1) is 11.6. The Kier molecular flexibility index (Phi) is 6.21. The SMILES string of the molecule is Cc1nc(CN2CCN(C(=O)CC(C)(C)C)CC2)sc1C(=O)N(C)C. The van der Waals surface area contributed by atoms with Gasteiger partial charge < -0.3 is 9.80 Å². The Morgan fingerprint density at radius 2 is 1.76 bits per heavy atom. The van der Waals surface area contributed by atoms with Crippen LogP contribution in [0.5, 0.6) is 0 Å². The molecule has 1 aliphatic rings. The summed E-state index contributed by atoms with van der Waals surface area (Å²) in [6, 6.07) is 0. The van der Waals surface area contributed by atoms with Gasteiger partial charge in [-0.05, 0) is 12.3 Å². The van der Waals surface area contributed by atoms with Gasteiger partial charge in [-0.1, -0.05) is 20.8 Å². The number of nitrogens with zero attached hydrogens (tertiary/aromatic N) is 4. The number of hydrogen-bond acceptors (Lipinski definition) is 5. The molecular weight excluding hydrogens is 336 g/mol. The predicted octanol–water partition coefficient (Wildman–Crippen LogP) is 2.23. The van der Waals surface area contributed by atoms with E-state index in [1.54, 1.807) is 19.0 Å². The van der Waals surface area contributed by atoms with E-state index in [1.807, 2.05) is 11.8 Å². The van der Waals surface area contributed by atoms with Crippen molar-refractivity contribution in [2.24, 2.45) is 5.41 Å². The highest BCUT2D eigenvalue weighted by Gasteiger charge is 2.25. The molecule has 2 heterocycles. The fourth-order valence-corrected chi connectivity index (χ4v) is 3.96. The van der Waals surface area contributed by atoms with Crippen molar-refractivity contribution in [2.45, 2.75) is 40.7 Å². The fourth-order valence-electron chi connectivity index (χ4n) is 2.83. The van der Waals surface area contributed by atoms with Crippen LogP contribution in [-0.4, -0.2) is 71.8 Å². The lowest BCUT2D eigenvalue weighted by atomic mass is 9.91. The number of carbonyl (C=O) groups excluding carboxylic acids is 2. The molecule has 0 aliphatic carbocycles. The second-order valence-corrected chi connectivity index (χ2v) is 9.20. The smallest absolute Gasteiger partial charge is 0.265 e. The van der Waals surface area contributed by atoms with Crippen LogP contribution in [0.25, 0.3) is 0 Å². The van der Waals surface area contributed by atoms with Gasteiger partial charge in [-0.3, -0.25) is 14.5 Å². The van der Waals surface area contributed by atoms with E-state index in [1.165, 1.54) is 11.3 Å². The predicted molar refractivity (Wildman–Crippen MR) is 101 cm³/mol. The molecule has 25 heavy (non-hydrogen) atoms. The van der Waals surface area contributed by atoms with Crippen molar-refractivity contribution in [1.82, 2.24) is 19.7 Å². The van der Waals surface area contributed by atoms with Gasteiger partial charge in [0.25, 0.3) is 5.91 Å². The Morgan fingerprint density at radius 3 is 2.28 bits per heavy atom. The summed E-state index contributed by atoms with van der Waals surface area (Å²) in [4.78, 5) is 35.6. The molecule has 0 N–H and O–H groups in total. The molecule has 2 amide bonds. The van der Waals surface area contributed by atoms with Gasteiger partial charge in [0.2, 0.25) is 5.91 Å². The minimum Gasteiger partial charge on any atom is -0.344 e. The summed E-state index contributed by atoms with van der Waals surface area (Å²) in [6.07, 6.45) is 0.592. The zero-order chi connectivity index (χ0) is 18.8. The number of aromatic nitrogens is 1. The highest BCUT2D eigenvalue weighted by Crippen LogP contribution is 2.23. The van der Waals surface area contributed by atoms with Crippen molar-refractivity contribution >= 4 is 23.2 Å². The molecule has 1 aliphatic heterocycles. The van der Waals surface area contributed by atoms with Gasteiger partial charge >= 0.3 is 0 Å². The van der Waals surface area contributed by atoms with Crippen molar-refractivity contribution in [2.75, 3.05) is 40.3 Å². The summed E-state index contributed by atoms with van der Waals surface area (Å²) in [5, 5.41) is 0.970. The van der Waals surface area contributed by atoms with Gasteiger partial charge in [0.15, 0.2) is 0 Å². The van der Waals surface area contributed by atoms with Crippen LogP contribution in [0.4, 0.5) is 0 Å². The Bertz CT molecular complexity index is 626. The van der Waals surface area contributed by atoms with E-state index < -0.39 is 0 Å². The third-order valence-corrected chi connectivity index (χ3v) is 5.34. The number of thiazole rings is 1. The van der Waals surface area contributed by atoms with Crippen molar-refractivity contribution in [3.63, 3.8) is 0 Å². The second-order valence-electron chi connectivity index (χ2n) is 8.12.